The molecule has 1 heterocycles. The van der Waals surface area contributed by atoms with Crippen LogP contribution in [0.3, 0.4) is 0 Å². The third-order valence-corrected chi connectivity index (χ3v) is 4.87. The number of fused-ring (bicyclic) bond motifs is 1. The fourth-order valence-electron chi connectivity index (χ4n) is 3.27. The maximum atomic E-state index is 13.3. The Labute approximate surface area is 192 Å². The molecule has 0 saturated carbocycles. The zero-order valence-electron chi connectivity index (χ0n) is 18.3. The van der Waals surface area contributed by atoms with Crippen LogP contribution in [-0.4, -0.2) is 42.6 Å². The van der Waals surface area contributed by atoms with Gasteiger partial charge in [0.15, 0.2) is 0 Å². The number of amides is 3. The number of carbonyl (C=O) groups excluding carboxylic acids is 3. The number of benzene rings is 2. The molecule has 0 unspecified atom stereocenters. The van der Waals surface area contributed by atoms with E-state index in [0.29, 0.717) is 16.4 Å². The normalized spacial score (nSPS) is 15.8. The van der Waals surface area contributed by atoms with Crippen molar-refractivity contribution in [3.8, 4) is 0 Å². The summed E-state index contributed by atoms with van der Waals surface area (Å²) in [5.41, 5.74) is 1.47. The van der Waals surface area contributed by atoms with E-state index < -0.39 is 23.6 Å². The largest absolute Gasteiger partial charge is 0.445 e. The fraction of sp³-hybridized carbons (Fsp3) is 0.348. The molecular weight excluding hydrogens is 432 g/mol. The number of carbonyl (C=O) groups is 3. The van der Waals surface area contributed by atoms with Crippen molar-refractivity contribution in [2.45, 2.75) is 39.0 Å². The molecule has 0 radical (unpaired) electrons. The molecule has 1 atom stereocenters. The Bertz CT molecular complexity index is 991. The van der Waals surface area contributed by atoms with Crippen molar-refractivity contribution >= 4 is 40.9 Å². The lowest BCUT2D eigenvalue weighted by Gasteiger charge is -2.27. The van der Waals surface area contributed by atoms with E-state index in [1.165, 1.54) is 4.90 Å². The van der Waals surface area contributed by atoms with Crippen LogP contribution in [0.1, 0.15) is 26.3 Å². The second kappa shape index (κ2) is 9.91. The van der Waals surface area contributed by atoms with Gasteiger partial charge in [0.25, 0.3) is 5.91 Å². The van der Waals surface area contributed by atoms with Gasteiger partial charge in [0.1, 0.15) is 19.2 Å². The number of nitrogens with one attached hydrogen (secondary N) is 3. The van der Waals surface area contributed by atoms with E-state index in [1.54, 1.807) is 18.2 Å². The molecule has 32 heavy (non-hydrogen) atoms. The van der Waals surface area contributed by atoms with E-state index in [2.05, 4.69) is 16.0 Å². The SMILES string of the molecule is CC(C)(C)NC(=O)CN1C(=O)[C@@H](NC(=O)OCc2ccccc2)CNc2ccc(Cl)cc21. The molecule has 1 aliphatic heterocycles. The highest BCUT2D eigenvalue weighted by Gasteiger charge is 2.33. The summed E-state index contributed by atoms with van der Waals surface area (Å²) in [5, 5.41) is 9.01. The van der Waals surface area contributed by atoms with Gasteiger partial charge in [-0.3, -0.25) is 14.5 Å². The Kier molecular flexibility index (Phi) is 7.25. The molecule has 9 heteroatoms. The molecule has 8 nitrogen and oxygen atoms in total. The first-order valence-corrected chi connectivity index (χ1v) is 10.6. The Hall–Kier alpha value is -3.26. The molecule has 0 aliphatic carbocycles. The van der Waals surface area contributed by atoms with Gasteiger partial charge >= 0.3 is 6.09 Å². The van der Waals surface area contributed by atoms with Gasteiger partial charge in [0.2, 0.25) is 5.91 Å². The molecule has 0 aromatic heterocycles. The topological polar surface area (TPSA) is 99.8 Å². The molecule has 0 saturated heterocycles. The molecule has 1 aliphatic rings. The predicted octanol–water partition coefficient (Wildman–Crippen LogP) is 3.31. The van der Waals surface area contributed by atoms with Crippen LogP contribution in [0.2, 0.25) is 5.02 Å². The van der Waals surface area contributed by atoms with Crippen molar-refractivity contribution in [3.63, 3.8) is 0 Å². The van der Waals surface area contributed by atoms with Crippen LogP contribution in [0.5, 0.6) is 0 Å². The van der Waals surface area contributed by atoms with Crippen LogP contribution in [0, 0.1) is 0 Å². The zero-order chi connectivity index (χ0) is 23.3. The number of alkyl carbamates (subject to hydrolysis) is 1. The van der Waals surface area contributed by atoms with E-state index in [0.717, 1.165) is 5.56 Å². The first-order chi connectivity index (χ1) is 15.1. The van der Waals surface area contributed by atoms with Crippen molar-refractivity contribution in [2.24, 2.45) is 0 Å². The third kappa shape index (κ3) is 6.37. The number of anilines is 2. The van der Waals surface area contributed by atoms with Crippen molar-refractivity contribution < 1.29 is 19.1 Å². The van der Waals surface area contributed by atoms with Gasteiger partial charge in [-0.15, -0.1) is 0 Å². The van der Waals surface area contributed by atoms with Crippen LogP contribution in [0.25, 0.3) is 0 Å². The minimum atomic E-state index is -0.938. The maximum absolute atomic E-state index is 13.3. The van der Waals surface area contributed by atoms with Crippen LogP contribution in [0.4, 0.5) is 16.2 Å². The highest BCUT2D eigenvalue weighted by molar-refractivity contribution is 6.31. The Morgan fingerprint density at radius 3 is 2.59 bits per heavy atom. The number of hydrogen-bond donors (Lipinski definition) is 3. The molecule has 3 rings (SSSR count). The quantitative estimate of drug-likeness (QED) is 0.638. The number of halogens is 1. The molecule has 170 valence electrons. The summed E-state index contributed by atoms with van der Waals surface area (Å²) in [6.07, 6.45) is -0.725. The Morgan fingerprint density at radius 2 is 1.91 bits per heavy atom. The Balaban J connectivity index is 1.75. The summed E-state index contributed by atoms with van der Waals surface area (Å²) in [6.45, 7) is 5.56. The summed E-state index contributed by atoms with van der Waals surface area (Å²) in [6, 6.07) is 13.3. The second-order valence-electron chi connectivity index (χ2n) is 8.52. The third-order valence-electron chi connectivity index (χ3n) is 4.63. The highest BCUT2D eigenvalue weighted by Crippen LogP contribution is 2.31. The van der Waals surface area contributed by atoms with E-state index in [1.807, 2.05) is 51.1 Å². The lowest BCUT2D eigenvalue weighted by molar-refractivity contribution is -0.125. The first kappa shape index (κ1) is 23.4. The lowest BCUT2D eigenvalue weighted by Crippen LogP contribution is -2.54. The van der Waals surface area contributed by atoms with Crippen LogP contribution in [0.15, 0.2) is 48.5 Å². The average Bonchev–Trinajstić information content (AvgIpc) is 2.84. The van der Waals surface area contributed by atoms with Crippen molar-refractivity contribution in [1.29, 1.82) is 0 Å². The van der Waals surface area contributed by atoms with E-state index in [4.69, 9.17) is 16.3 Å². The molecule has 0 spiro atoms. The minimum absolute atomic E-state index is 0.0779. The van der Waals surface area contributed by atoms with Crippen molar-refractivity contribution in [2.75, 3.05) is 23.3 Å². The minimum Gasteiger partial charge on any atom is -0.445 e. The summed E-state index contributed by atoms with van der Waals surface area (Å²) < 4.78 is 5.25. The molecular formula is C23H27ClN4O4. The van der Waals surface area contributed by atoms with E-state index in [9.17, 15) is 14.4 Å². The first-order valence-electron chi connectivity index (χ1n) is 10.3. The van der Waals surface area contributed by atoms with Gasteiger partial charge in [-0.2, -0.15) is 0 Å². The van der Waals surface area contributed by atoms with Crippen molar-refractivity contribution in [3.05, 3.63) is 59.1 Å². The molecule has 0 bridgehead atoms. The van der Waals surface area contributed by atoms with Crippen LogP contribution in [-0.2, 0) is 20.9 Å². The standard InChI is InChI=1S/C23H27ClN4O4/c1-23(2,3)27-20(29)13-28-19-11-16(24)9-10-17(19)25-12-18(21(28)30)26-22(31)32-14-15-7-5-4-6-8-15/h4-11,18,25H,12-14H2,1-3H3,(H,26,31)(H,27,29)/t18-/m0/s1. The number of hydrogen-bond acceptors (Lipinski definition) is 5. The summed E-state index contributed by atoms with van der Waals surface area (Å²) in [4.78, 5) is 39.6. The van der Waals surface area contributed by atoms with Gasteiger partial charge < -0.3 is 20.7 Å². The van der Waals surface area contributed by atoms with E-state index in [-0.39, 0.29) is 25.6 Å². The molecule has 2 aromatic rings. The Morgan fingerprint density at radius 1 is 1.19 bits per heavy atom. The smallest absolute Gasteiger partial charge is 0.408 e. The van der Waals surface area contributed by atoms with Gasteiger partial charge in [0, 0.05) is 17.1 Å². The second-order valence-corrected chi connectivity index (χ2v) is 8.96. The van der Waals surface area contributed by atoms with Gasteiger partial charge in [0.05, 0.1) is 11.4 Å². The number of ether oxygens (including phenoxy) is 1. The number of nitrogens with zero attached hydrogens (tertiary/aromatic N) is 1. The van der Waals surface area contributed by atoms with Gasteiger partial charge in [-0.1, -0.05) is 41.9 Å². The van der Waals surface area contributed by atoms with Gasteiger partial charge in [-0.05, 0) is 44.5 Å². The fourth-order valence-corrected chi connectivity index (χ4v) is 3.43. The van der Waals surface area contributed by atoms with E-state index >= 15 is 0 Å². The molecule has 3 N–H and O–H groups in total. The number of rotatable bonds is 5. The molecule has 3 amide bonds. The molecule has 2 aromatic carbocycles. The lowest BCUT2D eigenvalue weighted by atomic mass is 10.1. The summed E-state index contributed by atoms with van der Waals surface area (Å²) >= 11 is 6.15. The van der Waals surface area contributed by atoms with Crippen LogP contribution >= 0.6 is 11.6 Å². The maximum Gasteiger partial charge on any atom is 0.408 e. The highest BCUT2D eigenvalue weighted by atomic mass is 35.5. The summed E-state index contributed by atoms with van der Waals surface area (Å²) in [5.74, 6) is -0.775. The predicted molar refractivity (Wildman–Crippen MR) is 124 cm³/mol. The monoisotopic (exact) mass is 458 g/mol. The average molecular weight is 459 g/mol. The summed E-state index contributed by atoms with van der Waals surface area (Å²) in [7, 11) is 0. The molecule has 0 fully saturated rings. The van der Waals surface area contributed by atoms with Crippen molar-refractivity contribution in [1.82, 2.24) is 10.6 Å². The van der Waals surface area contributed by atoms with Crippen LogP contribution < -0.4 is 20.9 Å². The zero-order valence-corrected chi connectivity index (χ0v) is 19.0. The van der Waals surface area contributed by atoms with Gasteiger partial charge in [-0.25, -0.2) is 4.79 Å².